The van der Waals surface area contributed by atoms with Gasteiger partial charge in [-0.05, 0) is 25.5 Å². The second kappa shape index (κ2) is 6.49. The van der Waals surface area contributed by atoms with Crippen molar-refractivity contribution in [2.24, 2.45) is 0 Å². The van der Waals surface area contributed by atoms with Crippen molar-refractivity contribution in [3.63, 3.8) is 0 Å². The van der Waals surface area contributed by atoms with Crippen LogP contribution < -0.4 is 4.72 Å². The molecule has 0 saturated carbocycles. The average Bonchev–Trinajstić information content (AvgIpc) is 2.41. The number of ether oxygens (including phenoxy) is 1. The summed E-state index contributed by atoms with van der Waals surface area (Å²) in [5.74, 6) is 0. The Morgan fingerprint density at radius 1 is 1.33 bits per heavy atom. The number of halogens is 3. The van der Waals surface area contributed by atoms with E-state index in [9.17, 15) is 21.6 Å². The summed E-state index contributed by atoms with van der Waals surface area (Å²) in [7, 11) is -5.48. The minimum absolute atomic E-state index is 0.137. The number of benzene rings is 1. The van der Waals surface area contributed by atoms with E-state index in [2.05, 4.69) is 0 Å². The van der Waals surface area contributed by atoms with Crippen molar-refractivity contribution in [1.82, 2.24) is 4.90 Å². The van der Waals surface area contributed by atoms with E-state index in [1.165, 1.54) is 18.2 Å². The van der Waals surface area contributed by atoms with E-state index in [-0.39, 0.29) is 19.0 Å². The van der Waals surface area contributed by atoms with Crippen LogP contribution in [-0.4, -0.2) is 36.1 Å². The molecule has 0 radical (unpaired) electrons. The molecule has 24 heavy (non-hydrogen) atoms. The SMILES string of the molecule is CC1(C)CC(=S)N(Cc2ccccc2NS(=O)(=O)C(F)(F)F)CO1. The van der Waals surface area contributed by atoms with Crippen LogP contribution in [-0.2, 0) is 21.3 Å². The molecule has 1 aliphatic heterocycles. The van der Waals surface area contributed by atoms with Gasteiger partial charge in [-0.1, -0.05) is 30.4 Å². The number of para-hydroxylation sites is 1. The second-order valence-corrected chi connectivity index (χ2v) is 8.16. The van der Waals surface area contributed by atoms with E-state index < -0.39 is 21.1 Å². The fraction of sp³-hybridized carbons (Fsp3) is 0.500. The summed E-state index contributed by atoms with van der Waals surface area (Å²) in [6.07, 6.45) is 0.499. The van der Waals surface area contributed by atoms with Crippen LogP contribution in [0.15, 0.2) is 24.3 Å². The number of sulfonamides is 1. The molecule has 0 aliphatic carbocycles. The number of nitrogens with zero attached hydrogens (tertiary/aromatic N) is 1. The molecule has 1 N–H and O–H groups in total. The Hall–Kier alpha value is -1.39. The Kier molecular flexibility index (Phi) is 5.12. The summed E-state index contributed by atoms with van der Waals surface area (Å²) < 4.78 is 67.5. The summed E-state index contributed by atoms with van der Waals surface area (Å²) in [6.45, 7) is 4.11. The van der Waals surface area contributed by atoms with Crippen molar-refractivity contribution in [2.45, 2.75) is 37.9 Å². The fourth-order valence-corrected chi connectivity index (χ4v) is 3.22. The van der Waals surface area contributed by atoms with E-state index in [4.69, 9.17) is 17.0 Å². The molecule has 1 aromatic carbocycles. The molecule has 2 rings (SSSR count). The first-order chi connectivity index (χ1) is 10.9. The van der Waals surface area contributed by atoms with Gasteiger partial charge in [-0.2, -0.15) is 21.6 Å². The van der Waals surface area contributed by atoms with Crippen molar-refractivity contribution < 1.29 is 26.3 Å². The number of hydrogen-bond donors (Lipinski definition) is 1. The summed E-state index contributed by atoms with van der Waals surface area (Å²) >= 11 is 5.31. The smallest absolute Gasteiger partial charge is 0.355 e. The van der Waals surface area contributed by atoms with Crippen molar-refractivity contribution in [2.75, 3.05) is 11.5 Å². The van der Waals surface area contributed by atoms with Gasteiger partial charge < -0.3 is 9.64 Å². The third-order valence-electron chi connectivity index (χ3n) is 3.47. The highest BCUT2D eigenvalue weighted by Crippen LogP contribution is 2.29. The molecule has 0 spiro atoms. The molecule has 0 aromatic heterocycles. The van der Waals surface area contributed by atoms with Gasteiger partial charge >= 0.3 is 15.5 Å². The summed E-state index contributed by atoms with van der Waals surface area (Å²) in [5.41, 5.74) is -5.54. The van der Waals surface area contributed by atoms with E-state index in [0.717, 1.165) is 0 Å². The number of nitrogens with one attached hydrogen (secondary N) is 1. The second-order valence-electron chi connectivity index (χ2n) is 6.01. The fourth-order valence-electron chi connectivity index (χ4n) is 2.15. The first-order valence-electron chi connectivity index (χ1n) is 7.00. The van der Waals surface area contributed by atoms with E-state index in [1.807, 2.05) is 13.8 Å². The van der Waals surface area contributed by atoms with Crippen molar-refractivity contribution in [1.29, 1.82) is 0 Å². The van der Waals surface area contributed by atoms with Crippen molar-refractivity contribution in [3.8, 4) is 0 Å². The molecule has 0 bridgehead atoms. The summed E-state index contributed by atoms with van der Waals surface area (Å²) in [5, 5.41) is 0. The average molecular weight is 382 g/mol. The number of rotatable bonds is 4. The quantitative estimate of drug-likeness (QED) is 0.811. The molecule has 1 saturated heterocycles. The van der Waals surface area contributed by atoms with Gasteiger partial charge in [-0.25, -0.2) is 0 Å². The minimum Gasteiger partial charge on any atom is -0.355 e. The maximum absolute atomic E-state index is 12.6. The predicted octanol–water partition coefficient (Wildman–Crippen LogP) is 3.23. The number of hydrogen-bond acceptors (Lipinski definition) is 4. The lowest BCUT2D eigenvalue weighted by molar-refractivity contribution is -0.0731. The van der Waals surface area contributed by atoms with Crippen LogP contribution in [0.25, 0.3) is 0 Å². The van der Waals surface area contributed by atoms with Crippen LogP contribution in [0.3, 0.4) is 0 Å². The van der Waals surface area contributed by atoms with Crippen LogP contribution in [0.5, 0.6) is 0 Å². The Bertz CT molecular complexity index is 733. The van der Waals surface area contributed by atoms with Crippen LogP contribution in [0.1, 0.15) is 25.8 Å². The van der Waals surface area contributed by atoms with Gasteiger partial charge in [-0.15, -0.1) is 0 Å². The zero-order valence-corrected chi connectivity index (χ0v) is 14.7. The first-order valence-corrected chi connectivity index (χ1v) is 8.89. The van der Waals surface area contributed by atoms with Gasteiger partial charge in [0.15, 0.2) is 0 Å². The van der Waals surface area contributed by atoms with Gasteiger partial charge in [0.25, 0.3) is 0 Å². The third-order valence-corrected chi connectivity index (χ3v) is 4.97. The first kappa shape index (κ1) is 18.9. The lowest BCUT2D eigenvalue weighted by atomic mass is 10.0. The lowest BCUT2D eigenvalue weighted by Gasteiger charge is -2.39. The highest BCUT2D eigenvalue weighted by atomic mass is 32.2. The van der Waals surface area contributed by atoms with Gasteiger partial charge in [0.05, 0.1) is 16.3 Å². The van der Waals surface area contributed by atoms with E-state index in [1.54, 1.807) is 15.7 Å². The zero-order chi connectivity index (χ0) is 18.2. The molecule has 1 fully saturated rings. The van der Waals surface area contributed by atoms with Crippen molar-refractivity contribution >= 4 is 32.9 Å². The number of anilines is 1. The molecular weight excluding hydrogens is 365 g/mol. The summed E-state index contributed by atoms with van der Waals surface area (Å²) in [4.78, 5) is 2.29. The largest absolute Gasteiger partial charge is 0.516 e. The van der Waals surface area contributed by atoms with Crippen molar-refractivity contribution in [3.05, 3.63) is 29.8 Å². The monoisotopic (exact) mass is 382 g/mol. The molecule has 1 heterocycles. The predicted molar refractivity (Wildman–Crippen MR) is 87.8 cm³/mol. The Balaban J connectivity index is 2.20. The molecular formula is C14H17F3N2O3S2. The van der Waals surface area contributed by atoms with Crippen LogP contribution in [0.2, 0.25) is 0 Å². The van der Waals surface area contributed by atoms with E-state index >= 15 is 0 Å². The molecule has 1 aliphatic rings. The molecule has 10 heteroatoms. The molecule has 0 atom stereocenters. The maximum atomic E-state index is 12.6. The Labute approximate surface area is 143 Å². The van der Waals surface area contributed by atoms with E-state index in [0.29, 0.717) is 17.0 Å². The highest BCUT2D eigenvalue weighted by Gasteiger charge is 2.46. The molecule has 134 valence electrons. The Morgan fingerprint density at radius 2 is 1.96 bits per heavy atom. The Morgan fingerprint density at radius 3 is 2.54 bits per heavy atom. The van der Waals surface area contributed by atoms with Gasteiger partial charge in [0, 0.05) is 13.0 Å². The van der Waals surface area contributed by atoms with Crippen LogP contribution in [0, 0.1) is 0 Å². The topological polar surface area (TPSA) is 58.6 Å². The van der Waals surface area contributed by atoms with Gasteiger partial charge in [0.2, 0.25) is 0 Å². The molecule has 1 aromatic rings. The third kappa shape index (κ3) is 4.37. The summed E-state index contributed by atoms with van der Waals surface area (Å²) in [6, 6.07) is 5.87. The number of thiocarbonyl (C=S) groups is 1. The molecule has 5 nitrogen and oxygen atoms in total. The maximum Gasteiger partial charge on any atom is 0.516 e. The van der Waals surface area contributed by atoms with Gasteiger partial charge in [0.1, 0.15) is 6.73 Å². The normalized spacial score (nSPS) is 18.5. The standard InChI is InChI=1S/C14H17F3N2O3S2/c1-13(2)7-12(23)19(9-22-13)8-10-5-3-4-6-11(10)18-24(20,21)14(15,16)17/h3-6,18H,7-9H2,1-2H3. The zero-order valence-electron chi connectivity index (χ0n) is 13.1. The highest BCUT2D eigenvalue weighted by molar-refractivity contribution is 7.93. The van der Waals surface area contributed by atoms with Crippen LogP contribution >= 0.6 is 12.2 Å². The molecule has 0 unspecified atom stereocenters. The van der Waals surface area contributed by atoms with Gasteiger partial charge in [-0.3, -0.25) is 4.72 Å². The number of alkyl halides is 3. The van der Waals surface area contributed by atoms with Crippen LogP contribution in [0.4, 0.5) is 18.9 Å². The lowest BCUT2D eigenvalue weighted by Crippen LogP contribution is -2.45. The molecule has 0 amide bonds. The minimum atomic E-state index is -5.48.